The maximum absolute atomic E-state index is 5.68. The van der Waals surface area contributed by atoms with Gasteiger partial charge in [-0.2, -0.15) is 0 Å². The van der Waals surface area contributed by atoms with E-state index in [0.717, 1.165) is 18.7 Å². The first kappa shape index (κ1) is 14.4. The average molecular weight is 262 g/mol. The van der Waals surface area contributed by atoms with Gasteiger partial charge in [0.05, 0.1) is 6.10 Å². The van der Waals surface area contributed by atoms with E-state index in [9.17, 15) is 0 Å². The molecule has 1 heterocycles. The van der Waals surface area contributed by atoms with Gasteiger partial charge in [-0.1, -0.05) is 12.1 Å². The SMILES string of the molecule is CNC1(Cc2ccc(OC(C)C)cc2)CCN(C)C1. The highest BCUT2D eigenvalue weighted by molar-refractivity contribution is 5.29. The van der Waals surface area contributed by atoms with Crippen LogP contribution in [0.5, 0.6) is 5.75 Å². The molecule has 1 aromatic rings. The fraction of sp³-hybridized carbons (Fsp3) is 0.625. The topological polar surface area (TPSA) is 24.5 Å². The second-order valence-electron chi connectivity index (χ2n) is 6.01. The van der Waals surface area contributed by atoms with Crippen molar-refractivity contribution in [2.45, 2.75) is 38.3 Å². The molecule has 1 aliphatic rings. The third-order valence-corrected chi connectivity index (χ3v) is 3.91. The highest BCUT2D eigenvalue weighted by Crippen LogP contribution is 2.25. The Bertz CT molecular complexity index is 402. The van der Waals surface area contributed by atoms with Gasteiger partial charge in [-0.15, -0.1) is 0 Å². The van der Waals surface area contributed by atoms with Crippen LogP contribution >= 0.6 is 0 Å². The van der Waals surface area contributed by atoms with Crippen molar-refractivity contribution in [1.82, 2.24) is 10.2 Å². The monoisotopic (exact) mass is 262 g/mol. The molecular formula is C16H26N2O. The smallest absolute Gasteiger partial charge is 0.119 e. The molecule has 2 rings (SSSR count). The minimum atomic E-state index is 0.231. The van der Waals surface area contributed by atoms with E-state index in [-0.39, 0.29) is 11.6 Å². The van der Waals surface area contributed by atoms with Gasteiger partial charge < -0.3 is 15.0 Å². The van der Waals surface area contributed by atoms with E-state index in [1.165, 1.54) is 18.5 Å². The van der Waals surface area contributed by atoms with Gasteiger partial charge in [-0.25, -0.2) is 0 Å². The Kier molecular flexibility index (Phi) is 4.48. The van der Waals surface area contributed by atoms with E-state index < -0.39 is 0 Å². The highest BCUT2D eigenvalue weighted by atomic mass is 16.5. The lowest BCUT2D eigenvalue weighted by Gasteiger charge is -2.29. The maximum atomic E-state index is 5.68. The highest BCUT2D eigenvalue weighted by Gasteiger charge is 2.34. The summed E-state index contributed by atoms with van der Waals surface area (Å²) in [5.74, 6) is 0.959. The Morgan fingerprint density at radius 3 is 2.47 bits per heavy atom. The second-order valence-corrected chi connectivity index (χ2v) is 6.01. The van der Waals surface area contributed by atoms with Crippen molar-refractivity contribution in [2.75, 3.05) is 27.2 Å². The Labute approximate surface area is 116 Å². The van der Waals surface area contributed by atoms with Crippen LogP contribution in [0, 0.1) is 0 Å². The van der Waals surface area contributed by atoms with Gasteiger partial charge in [0.15, 0.2) is 0 Å². The lowest BCUT2D eigenvalue weighted by molar-refractivity contribution is 0.242. The van der Waals surface area contributed by atoms with Crippen LogP contribution in [-0.4, -0.2) is 43.7 Å². The molecule has 0 aromatic heterocycles. The van der Waals surface area contributed by atoms with Gasteiger partial charge in [-0.05, 0) is 65.0 Å². The van der Waals surface area contributed by atoms with Crippen molar-refractivity contribution in [1.29, 1.82) is 0 Å². The normalized spacial score (nSPS) is 24.1. The zero-order valence-corrected chi connectivity index (χ0v) is 12.6. The van der Waals surface area contributed by atoms with Crippen molar-refractivity contribution in [3.05, 3.63) is 29.8 Å². The van der Waals surface area contributed by atoms with Gasteiger partial charge in [0.1, 0.15) is 5.75 Å². The molecule has 0 aliphatic carbocycles. The molecule has 0 radical (unpaired) electrons. The summed E-state index contributed by atoms with van der Waals surface area (Å²) in [5, 5.41) is 3.53. The summed E-state index contributed by atoms with van der Waals surface area (Å²) in [4.78, 5) is 2.40. The molecule has 0 amide bonds. The van der Waals surface area contributed by atoms with E-state index in [1.54, 1.807) is 0 Å². The molecule has 3 heteroatoms. The van der Waals surface area contributed by atoms with E-state index in [0.29, 0.717) is 0 Å². The fourth-order valence-corrected chi connectivity index (χ4v) is 2.87. The largest absolute Gasteiger partial charge is 0.491 e. The molecule has 1 atom stereocenters. The molecule has 0 saturated carbocycles. The van der Waals surface area contributed by atoms with E-state index in [1.807, 2.05) is 0 Å². The van der Waals surface area contributed by atoms with E-state index >= 15 is 0 Å². The number of nitrogens with one attached hydrogen (secondary N) is 1. The van der Waals surface area contributed by atoms with E-state index in [2.05, 4.69) is 62.4 Å². The molecule has 106 valence electrons. The average Bonchev–Trinajstić information content (AvgIpc) is 2.73. The zero-order chi connectivity index (χ0) is 13.9. The van der Waals surface area contributed by atoms with Crippen LogP contribution in [0.25, 0.3) is 0 Å². The quantitative estimate of drug-likeness (QED) is 0.881. The van der Waals surface area contributed by atoms with Gasteiger partial charge in [0.2, 0.25) is 0 Å². The second kappa shape index (κ2) is 5.93. The van der Waals surface area contributed by atoms with Gasteiger partial charge in [-0.3, -0.25) is 0 Å². The van der Waals surface area contributed by atoms with Gasteiger partial charge >= 0.3 is 0 Å². The predicted molar refractivity (Wildman–Crippen MR) is 79.8 cm³/mol. The lowest BCUT2D eigenvalue weighted by atomic mass is 9.90. The molecule has 0 bridgehead atoms. The molecular weight excluding hydrogens is 236 g/mol. The number of likely N-dealkylation sites (N-methyl/N-ethyl adjacent to an activating group) is 2. The minimum absolute atomic E-state index is 0.231. The fourth-order valence-electron chi connectivity index (χ4n) is 2.87. The number of nitrogens with zero attached hydrogens (tertiary/aromatic N) is 1. The molecule has 0 spiro atoms. The van der Waals surface area contributed by atoms with Crippen LogP contribution in [0.15, 0.2) is 24.3 Å². The first-order valence-electron chi connectivity index (χ1n) is 7.16. The predicted octanol–water partition coefficient (Wildman–Crippen LogP) is 2.31. The Morgan fingerprint density at radius 1 is 1.32 bits per heavy atom. The Balaban J connectivity index is 2.02. The Hall–Kier alpha value is -1.06. The third-order valence-electron chi connectivity index (χ3n) is 3.91. The number of benzene rings is 1. The third kappa shape index (κ3) is 3.71. The Morgan fingerprint density at radius 2 is 2.00 bits per heavy atom. The summed E-state index contributed by atoms with van der Waals surface area (Å²) >= 11 is 0. The minimum Gasteiger partial charge on any atom is -0.491 e. The van der Waals surface area contributed by atoms with Crippen LogP contribution in [0.3, 0.4) is 0 Å². The van der Waals surface area contributed by atoms with Gasteiger partial charge in [0.25, 0.3) is 0 Å². The molecule has 3 nitrogen and oxygen atoms in total. The molecule has 19 heavy (non-hydrogen) atoms. The number of hydrogen-bond acceptors (Lipinski definition) is 3. The molecule has 1 unspecified atom stereocenters. The number of likely N-dealkylation sites (tertiary alicyclic amines) is 1. The summed E-state index contributed by atoms with van der Waals surface area (Å²) in [7, 11) is 4.27. The zero-order valence-electron chi connectivity index (χ0n) is 12.6. The summed E-state index contributed by atoms with van der Waals surface area (Å²) in [6.07, 6.45) is 2.53. The molecule has 1 saturated heterocycles. The van der Waals surface area contributed by atoms with Crippen molar-refractivity contribution < 1.29 is 4.74 Å². The van der Waals surface area contributed by atoms with Crippen molar-refractivity contribution >= 4 is 0 Å². The van der Waals surface area contributed by atoms with Crippen LogP contribution < -0.4 is 10.1 Å². The number of rotatable bonds is 5. The maximum Gasteiger partial charge on any atom is 0.119 e. The van der Waals surface area contributed by atoms with Crippen molar-refractivity contribution in [3.63, 3.8) is 0 Å². The number of hydrogen-bond donors (Lipinski definition) is 1. The standard InChI is InChI=1S/C16H26N2O/c1-13(2)19-15-7-5-14(6-8-15)11-16(17-3)9-10-18(4)12-16/h5-8,13,17H,9-12H2,1-4H3. The molecule has 1 aliphatic heterocycles. The summed E-state index contributed by atoms with van der Waals surface area (Å²) in [5.41, 5.74) is 1.61. The van der Waals surface area contributed by atoms with E-state index in [4.69, 9.17) is 4.74 Å². The molecule has 1 fully saturated rings. The summed E-state index contributed by atoms with van der Waals surface area (Å²) in [6, 6.07) is 8.54. The number of ether oxygens (including phenoxy) is 1. The van der Waals surface area contributed by atoms with Crippen LogP contribution in [0.1, 0.15) is 25.8 Å². The van der Waals surface area contributed by atoms with Crippen LogP contribution in [-0.2, 0) is 6.42 Å². The van der Waals surface area contributed by atoms with Crippen molar-refractivity contribution in [2.24, 2.45) is 0 Å². The first-order valence-corrected chi connectivity index (χ1v) is 7.16. The summed E-state index contributed by atoms with van der Waals surface area (Å²) < 4.78 is 5.68. The molecule has 1 aromatic carbocycles. The first-order chi connectivity index (χ1) is 9.03. The lowest BCUT2D eigenvalue weighted by Crippen LogP contribution is -2.47. The van der Waals surface area contributed by atoms with Crippen molar-refractivity contribution in [3.8, 4) is 5.75 Å². The van der Waals surface area contributed by atoms with Crippen LogP contribution in [0.4, 0.5) is 0 Å². The summed E-state index contributed by atoms with van der Waals surface area (Å²) in [6.45, 7) is 6.40. The van der Waals surface area contributed by atoms with Gasteiger partial charge in [0, 0.05) is 12.1 Å². The molecule has 1 N–H and O–H groups in total. The van der Waals surface area contributed by atoms with Crippen LogP contribution in [0.2, 0.25) is 0 Å².